The van der Waals surface area contributed by atoms with Gasteiger partial charge in [-0.1, -0.05) is 31.4 Å². The van der Waals surface area contributed by atoms with E-state index in [1.165, 1.54) is 6.42 Å². The number of aromatic nitrogens is 1. The van der Waals surface area contributed by atoms with Crippen LogP contribution in [0.15, 0.2) is 48.7 Å². The molecule has 1 heterocycles. The normalized spacial score (nSPS) is 15.7. The summed E-state index contributed by atoms with van der Waals surface area (Å²) in [4.78, 5) is 29.0. The molecule has 1 aliphatic rings. The molecule has 27 heavy (non-hydrogen) atoms. The van der Waals surface area contributed by atoms with Crippen LogP contribution in [0.4, 0.5) is 11.5 Å². The second-order valence-corrected chi connectivity index (χ2v) is 7.24. The number of benzene rings is 1. The summed E-state index contributed by atoms with van der Waals surface area (Å²) in [5.41, 5.74) is 6.96. The maximum Gasteiger partial charge on any atom is 0.256 e. The third-order valence-corrected chi connectivity index (χ3v) is 5.20. The van der Waals surface area contributed by atoms with Crippen LogP contribution in [-0.2, 0) is 4.79 Å². The van der Waals surface area contributed by atoms with E-state index in [1.807, 2.05) is 0 Å². The predicted molar refractivity (Wildman–Crippen MR) is 106 cm³/mol. The number of carbonyl (C=O) groups excluding carboxylic acids is 2. The van der Waals surface area contributed by atoms with Gasteiger partial charge < -0.3 is 16.4 Å². The molecule has 0 bridgehead atoms. The lowest BCUT2D eigenvalue weighted by Crippen LogP contribution is -2.36. The molecule has 1 aliphatic carbocycles. The highest BCUT2D eigenvalue weighted by molar-refractivity contribution is 6.04. The Kier molecular flexibility index (Phi) is 6.19. The van der Waals surface area contributed by atoms with Gasteiger partial charge in [-0.05, 0) is 55.1 Å². The van der Waals surface area contributed by atoms with Gasteiger partial charge in [0.2, 0.25) is 5.91 Å². The number of nitrogens with zero attached hydrogens (tertiary/aromatic N) is 1. The molecule has 2 aromatic rings. The van der Waals surface area contributed by atoms with Crippen LogP contribution < -0.4 is 16.4 Å². The average Bonchev–Trinajstić information content (AvgIpc) is 2.69. The summed E-state index contributed by atoms with van der Waals surface area (Å²) >= 11 is 0. The zero-order valence-corrected chi connectivity index (χ0v) is 15.4. The van der Waals surface area contributed by atoms with Crippen LogP contribution in [-0.4, -0.2) is 23.3 Å². The van der Waals surface area contributed by atoms with E-state index >= 15 is 0 Å². The van der Waals surface area contributed by atoms with E-state index in [0.717, 1.165) is 25.7 Å². The number of hydrogen-bond donors (Lipinski definition) is 3. The number of hydrogen-bond acceptors (Lipinski definition) is 4. The highest BCUT2D eigenvalue weighted by Gasteiger charge is 2.32. The largest absolute Gasteiger partial charge is 0.330 e. The van der Waals surface area contributed by atoms with Crippen molar-refractivity contribution in [2.24, 2.45) is 11.1 Å². The van der Waals surface area contributed by atoms with Gasteiger partial charge >= 0.3 is 0 Å². The van der Waals surface area contributed by atoms with Crippen molar-refractivity contribution < 1.29 is 9.59 Å². The summed E-state index contributed by atoms with van der Waals surface area (Å²) in [5, 5.41) is 5.66. The molecule has 6 heteroatoms. The molecule has 0 aliphatic heterocycles. The van der Waals surface area contributed by atoms with Crippen LogP contribution in [0, 0.1) is 5.41 Å². The lowest BCUT2D eigenvalue weighted by molar-refractivity contribution is -0.118. The molecule has 142 valence electrons. The van der Waals surface area contributed by atoms with Gasteiger partial charge in [0.25, 0.3) is 5.91 Å². The summed E-state index contributed by atoms with van der Waals surface area (Å²) in [6.07, 6.45) is 7.53. The van der Waals surface area contributed by atoms with Crippen LogP contribution in [0.2, 0.25) is 0 Å². The maximum atomic E-state index is 12.5. The fourth-order valence-corrected chi connectivity index (χ4v) is 3.66. The fourth-order valence-electron chi connectivity index (χ4n) is 3.66. The monoisotopic (exact) mass is 366 g/mol. The minimum absolute atomic E-state index is 0.0513. The van der Waals surface area contributed by atoms with Crippen molar-refractivity contribution in [2.45, 2.75) is 38.5 Å². The Morgan fingerprint density at radius 1 is 1.04 bits per heavy atom. The molecule has 6 nitrogen and oxygen atoms in total. The van der Waals surface area contributed by atoms with Crippen molar-refractivity contribution in [2.75, 3.05) is 17.2 Å². The lowest BCUT2D eigenvalue weighted by Gasteiger charge is -2.35. The van der Waals surface area contributed by atoms with Gasteiger partial charge in [0.05, 0.1) is 0 Å². The standard InChI is InChI=1S/C21H26N4O2/c22-15-21(10-3-1-4-11-21)14-19(26)24-17-8-6-7-16(13-17)20(27)25-18-9-2-5-12-23-18/h2,5-9,12-13H,1,3-4,10-11,14-15,22H2,(H,24,26)(H,23,25,27). The number of amides is 2. The molecular weight excluding hydrogens is 340 g/mol. The van der Waals surface area contributed by atoms with Gasteiger partial charge in [-0.2, -0.15) is 0 Å². The van der Waals surface area contributed by atoms with Gasteiger partial charge in [0, 0.05) is 23.9 Å². The van der Waals surface area contributed by atoms with Crippen LogP contribution in [0.25, 0.3) is 0 Å². The lowest BCUT2D eigenvalue weighted by atomic mass is 9.71. The highest BCUT2D eigenvalue weighted by atomic mass is 16.2. The SMILES string of the molecule is NCC1(CC(=O)Nc2cccc(C(=O)Nc3ccccn3)c2)CCCCC1. The molecule has 0 unspecified atom stereocenters. The zero-order chi connectivity index (χ0) is 19.1. The van der Waals surface area contributed by atoms with Crippen molar-refractivity contribution >= 4 is 23.3 Å². The van der Waals surface area contributed by atoms with Crippen molar-refractivity contribution in [1.29, 1.82) is 0 Å². The summed E-state index contributed by atoms with van der Waals surface area (Å²) in [5.74, 6) is 0.166. The number of nitrogens with two attached hydrogens (primary N) is 1. The number of rotatable bonds is 6. The maximum absolute atomic E-state index is 12.5. The second kappa shape index (κ2) is 8.77. The molecule has 0 saturated heterocycles. The number of anilines is 2. The summed E-state index contributed by atoms with van der Waals surface area (Å²) in [7, 11) is 0. The first kappa shape index (κ1) is 19.0. The molecule has 0 atom stereocenters. The average molecular weight is 366 g/mol. The molecular formula is C21H26N4O2. The third-order valence-electron chi connectivity index (χ3n) is 5.20. The van der Waals surface area contributed by atoms with E-state index in [0.29, 0.717) is 30.0 Å². The van der Waals surface area contributed by atoms with E-state index < -0.39 is 0 Å². The number of pyridine rings is 1. The zero-order valence-electron chi connectivity index (χ0n) is 15.4. The van der Waals surface area contributed by atoms with Crippen LogP contribution in [0.1, 0.15) is 48.9 Å². The number of nitrogens with one attached hydrogen (secondary N) is 2. The Morgan fingerprint density at radius 3 is 2.56 bits per heavy atom. The van der Waals surface area contributed by atoms with Crippen molar-refractivity contribution in [3.63, 3.8) is 0 Å². The molecule has 1 fully saturated rings. The first-order valence-corrected chi connectivity index (χ1v) is 9.43. The van der Waals surface area contributed by atoms with Gasteiger partial charge in [-0.3, -0.25) is 9.59 Å². The molecule has 0 radical (unpaired) electrons. The third kappa shape index (κ3) is 5.14. The molecule has 1 saturated carbocycles. The van der Waals surface area contributed by atoms with Gasteiger partial charge in [-0.25, -0.2) is 4.98 Å². The van der Waals surface area contributed by atoms with E-state index in [4.69, 9.17) is 5.73 Å². The van der Waals surface area contributed by atoms with Crippen molar-refractivity contribution in [3.05, 3.63) is 54.2 Å². The highest BCUT2D eigenvalue weighted by Crippen LogP contribution is 2.38. The molecule has 1 aromatic heterocycles. The fraction of sp³-hybridized carbons (Fsp3) is 0.381. The smallest absolute Gasteiger partial charge is 0.256 e. The van der Waals surface area contributed by atoms with E-state index in [-0.39, 0.29) is 17.2 Å². The molecule has 1 aromatic carbocycles. The quantitative estimate of drug-likeness (QED) is 0.728. The summed E-state index contributed by atoms with van der Waals surface area (Å²) in [6.45, 7) is 0.535. The Morgan fingerprint density at radius 2 is 1.85 bits per heavy atom. The van der Waals surface area contributed by atoms with Crippen molar-refractivity contribution in [3.8, 4) is 0 Å². The van der Waals surface area contributed by atoms with Crippen LogP contribution >= 0.6 is 0 Å². The summed E-state index contributed by atoms with van der Waals surface area (Å²) < 4.78 is 0. The molecule has 2 amide bonds. The predicted octanol–water partition coefficient (Wildman–Crippen LogP) is 3.57. The Bertz CT molecular complexity index is 786. The minimum Gasteiger partial charge on any atom is -0.330 e. The van der Waals surface area contributed by atoms with E-state index in [9.17, 15) is 9.59 Å². The van der Waals surface area contributed by atoms with Gasteiger partial charge in [0.1, 0.15) is 5.82 Å². The Hall–Kier alpha value is -2.73. The van der Waals surface area contributed by atoms with Crippen LogP contribution in [0.5, 0.6) is 0 Å². The topological polar surface area (TPSA) is 97.1 Å². The second-order valence-electron chi connectivity index (χ2n) is 7.24. The minimum atomic E-state index is -0.268. The first-order valence-electron chi connectivity index (χ1n) is 9.43. The first-order chi connectivity index (χ1) is 13.1. The van der Waals surface area contributed by atoms with Crippen LogP contribution in [0.3, 0.4) is 0 Å². The number of carbonyl (C=O) groups is 2. The van der Waals surface area contributed by atoms with Gasteiger partial charge in [0.15, 0.2) is 0 Å². The summed E-state index contributed by atoms with van der Waals surface area (Å²) in [6, 6.07) is 12.2. The van der Waals surface area contributed by atoms with E-state index in [1.54, 1.807) is 48.7 Å². The van der Waals surface area contributed by atoms with Gasteiger partial charge in [-0.15, -0.1) is 0 Å². The molecule has 3 rings (SSSR count). The molecule has 4 N–H and O–H groups in total. The van der Waals surface area contributed by atoms with E-state index in [2.05, 4.69) is 15.6 Å². The molecule has 0 spiro atoms. The Balaban J connectivity index is 1.63. The van der Waals surface area contributed by atoms with Crippen molar-refractivity contribution in [1.82, 2.24) is 4.98 Å². The Labute approximate surface area is 159 Å².